The minimum Gasteiger partial charge on any atom is -0.496 e. The number of allylic oxidation sites excluding steroid dienone is 3. The molecule has 0 fully saturated rings. The van der Waals surface area contributed by atoms with E-state index in [2.05, 4.69) is 10.3 Å². The maximum atomic E-state index is 14.2. The van der Waals surface area contributed by atoms with Crippen molar-refractivity contribution in [3.05, 3.63) is 82.2 Å². The zero-order valence-corrected chi connectivity index (χ0v) is 19.2. The van der Waals surface area contributed by atoms with Gasteiger partial charge < -0.3 is 24.6 Å². The third-order valence-electron chi connectivity index (χ3n) is 5.25. The van der Waals surface area contributed by atoms with E-state index in [1.165, 1.54) is 44.6 Å². The molecule has 0 amide bonds. The summed E-state index contributed by atoms with van der Waals surface area (Å²) in [4.78, 5) is 12.9. The molecule has 0 unspecified atom stereocenters. The van der Waals surface area contributed by atoms with E-state index in [0.717, 1.165) is 5.57 Å². The van der Waals surface area contributed by atoms with E-state index < -0.39 is 17.9 Å². The number of halogens is 1. The third-order valence-corrected chi connectivity index (χ3v) is 5.25. The van der Waals surface area contributed by atoms with Crippen molar-refractivity contribution in [2.24, 2.45) is 10.3 Å². The predicted octanol–water partition coefficient (Wildman–Crippen LogP) is 5.02. The van der Waals surface area contributed by atoms with Crippen LogP contribution in [0.25, 0.3) is 0 Å². The van der Waals surface area contributed by atoms with Crippen molar-refractivity contribution >= 4 is 17.4 Å². The monoisotopic (exact) mass is 468 g/mol. The number of rotatable bonds is 7. The van der Waals surface area contributed by atoms with Crippen molar-refractivity contribution in [3.63, 3.8) is 0 Å². The molecule has 0 aliphatic heterocycles. The van der Waals surface area contributed by atoms with Crippen LogP contribution in [0.3, 0.4) is 0 Å². The number of methoxy groups -OCH3 is 2. The SMILES string of the molecule is COc1cc([C@@H](CC=C(C)C)OC(=O)c2ccccc2F)c(OC)c2c1/C(=N/O)C=C/C2=N\O. The van der Waals surface area contributed by atoms with Crippen LogP contribution in [-0.2, 0) is 4.74 Å². The number of ether oxygens (including phenoxy) is 3. The molecule has 0 heterocycles. The molecular formula is C25H25FN2O6. The highest BCUT2D eigenvalue weighted by Crippen LogP contribution is 2.42. The van der Waals surface area contributed by atoms with Gasteiger partial charge in [-0.2, -0.15) is 0 Å². The van der Waals surface area contributed by atoms with Gasteiger partial charge in [0.1, 0.15) is 34.8 Å². The van der Waals surface area contributed by atoms with Crippen LogP contribution in [0.2, 0.25) is 0 Å². The lowest BCUT2D eigenvalue weighted by Crippen LogP contribution is -2.20. The van der Waals surface area contributed by atoms with Crippen molar-refractivity contribution in [1.29, 1.82) is 0 Å². The van der Waals surface area contributed by atoms with Crippen LogP contribution in [0.5, 0.6) is 11.5 Å². The molecule has 9 heteroatoms. The maximum Gasteiger partial charge on any atom is 0.341 e. The number of carbonyl (C=O) groups is 1. The van der Waals surface area contributed by atoms with Crippen molar-refractivity contribution in [3.8, 4) is 11.5 Å². The molecule has 1 aliphatic rings. The molecule has 0 spiro atoms. The Morgan fingerprint density at radius 1 is 1.06 bits per heavy atom. The summed E-state index contributed by atoms with van der Waals surface area (Å²) in [5.74, 6) is -1.06. The second-order valence-electron chi connectivity index (χ2n) is 7.65. The van der Waals surface area contributed by atoms with Gasteiger partial charge in [-0.05, 0) is 44.2 Å². The van der Waals surface area contributed by atoms with Crippen molar-refractivity contribution in [2.75, 3.05) is 14.2 Å². The number of nitrogens with zero attached hydrogens (tertiary/aromatic N) is 2. The number of carbonyl (C=O) groups excluding carboxylic acids is 1. The number of hydrogen-bond acceptors (Lipinski definition) is 8. The lowest BCUT2D eigenvalue weighted by atomic mass is 9.88. The molecular weight excluding hydrogens is 443 g/mol. The molecule has 1 aliphatic carbocycles. The number of oxime groups is 2. The quantitative estimate of drug-likeness (QED) is 0.255. The van der Waals surface area contributed by atoms with E-state index in [9.17, 15) is 19.6 Å². The Hall–Kier alpha value is -4.14. The Kier molecular flexibility index (Phi) is 7.68. The highest BCUT2D eigenvalue weighted by Gasteiger charge is 2.32. The lowest BCUT2D eigenvalue weighted by molar-refractivity contribution is 0.0292. The number of benzene rings is 2. The summed E-state index contributed by atoms with van der Waals surface area (Å²) in [6.45, 7) is 3.79. The molecule has 0 saturated carbocycles. The Morgan fingerprint density at radius 2 is 1.71 bits per heavy atom. The van der Waals surface area contributed by atoms with Crippen LogP contribution >= 0.6 is 0 Å². The second kappa shape index (κ2) is 10.7. The van der Waals surface area contributed by atoms with Crippen LogP contribution in [-0.4, -0.2) is 42.0 Å². The van der Waals surface area contributed by atoms with Gasteiger partial charge in [0, 0.05) is 12.0 Å². The number of fused-ring (bicyclic) bond motifs is 1. The zero-order valence-electron chi connectivity index (χ0n) is 19.2. The van der Waals surface area contributed by atoms with Crippen LogP contribution in [0.1, 0.15) is 53.4 Å². The second-order valence-corrected chi connectivity index (χ2v) is 7.65. The van der Waals surface area contributed by atoms with Crippen LogP contribution in [0, 0.1) is 5.82 Å². The van der Waals surface area contributed by atoms with Gasteiger partial charge in [0.25, 0.3) is 0 Å². The van der Waals surface area contributed by atoms with Gasteiger partial charge >= 0.3 is 5.97 Å². The van der Waals surface area contributed by atoms with E-state index >= 15 is 0 Å². The van der Waals surface area contributed by atoms with Crippen molar-refractivity contribution < 1.29 is 33.8 Å². The van der Waals surface area contributed by atoms with E-state index in [-0.39, 0.29) is 34.9 Å². The minimum atomic E-state index is -0.906. The van der Waals surface area contributed by atoms with Gasteiger partial charge in [-0.25, -0.2) is 9.18 Å². The first kappa shape index (κ1) is 24.5. The summed E-state index contributed by atoms with van der Waals surface area (Å²) in [5.41, 5.74) is 2.08. The Labute approximate surface area is 196 Å². The predicted molar refractivity (Wildman–Crippen MR) is 124 cm³/mol. The molecule has 2 aromatic carbocycles. The molecule has 3 rings (SSSR count). The molecule has 1 atom stereocenters. The minimum absolute atomic E-state index is 0.126. The van der Waals surface area contributed by atoms with Crippen LogP contribution in [0.15, 0.2) is 64.4 Å². The fraction of sp³-hybridized carbons (Fsp3) is 0.240. The average molecular weight is 468 g/mol. The average Bonchev–Trinajstić information content (AvgIpc) is 2.84. The lowest BCUT2D eigenvalue weighted by Gasteiger charge is -2.26. The molecule has 0 saturated heterocycles. The standard InChI is InChI=1S/C25H25FN2O6/c1-14(2)9-12-20(34-25(29)15-7-5-6-8-17(15)26)16-13-21(32-3)22-18(27-30)10-11-19(28-31)23(22)24(16)33-4/h5-11,13,20,30-31H,12H2,1-4H3/b27-18+,28-19+/t20-/m1/s1. The third kappa shape index (κ3) is 4.78. The van der Waals surface area contributed by atoms with Gasteiger partial charge in [0.2, 0.25) is 0 Å². The first-order chi connectivity index (χ1) is 16.4. The number of hydrogen-bond donors (Lipinski definition) is 2. The Bertz CT molecular complexity index is 1210. The molecule has 178 valence electrons. The molecule has 2 aromatic rings. The van der Waals surface area contributed by atoms with Gasteiger partial charge in [-0.3, -0.25) is 0 Å². The normalized spacial score (nSPS) is 15.6. The fourth-order valence-corrected chi connectivity index (χ4v) is 3.67. The van der Waals surface area contributed by atoms with Gasteiger partial charge in [-0.15, -0.1) is 0 Å². The summed E-state index contributed by atoms with van der Waals surface area (Å²) < 4.78 is 31.2. The highest BCUT2D eigenvalue weighted by atomic mass is 19.1. The van der Waals surface area contributed by atoms with Crippen molar-refractivity contribution in [2.45, 2.75) is 26.4 Å². The zero-order chi connectivity index (χ0) is 24.8. The first-order valence-electron chi connectivity index (χ1n) is 10.4. The summed E-state index contributed by atoms with van der Waals surface area (Å²) >= 11 is 0. The van der Waals surface area contributed by atoms with Gasteiger partial charge in [0.15, 0.2) is 0 Å². The Morgan fingerprint density at radius 3 is 2.26 bits per heavy atom. The molecule has 0 radical (unpaired) electrons. The van der Waals surface area contributed by atoms with E-state index in [4.69, 9.17) is 14.2 Å². The van der Waals surface area contributed by atoms with Gasteiger partial charge in [-0.1, -0.05) is 34.1 Å². The molecule has 2 N–H and O–H groups in total. The summed E-state index contributed by atoms with van der Waals surface area (Å²) in [7, 11) is 2.83. The van der Waals surface area contributed by atoms with Crippen molar-refractivity contribution in [1.82, 2.24) is 0 Å². The highest BCUT2D eigenvalue weighted by molar-refractivity contribution is 6.27. The summed E-state index contributed by atoms with van der Waals surface area (Å²) in [6.07, 6.45) is 4.11. The first-order valence-corrected chi connectivity index (χ1v) is 10.4. The smallest absolute Gasteiger partial charge is 0.341 e. The summed E-state index contributed by atoms with van der Waals surface area (Å²) in [6, 6.07) is 7.13. The molecule has 0 bridgehead atoms. The van der Waals surface area contributed by atoms with E-state index in [1.54, 1.807) is 12.1 Å². The number of esters is 1. The molecule has 34 heavy (non-hydrogen) atoms. The molecule has 8 nitrogen and oxygen atoms in total. The molecule has 0 aromatic heterocycles. The van der Waals surface area contributed by atoms with Crippen LogP contribution in [0.4, 0.5) is 4.39 Å². The Balaban J connectivity index is 2.22. The fourth-order valence-electron chi connectivity index (χ4n) is 3.67. The van der Waals surface area contributed by atoms with Crippen LogP contribution < -0.4 is 9.47 Å². The van der Waals surface area contributed by atoms with E-state index in [1.807, 2.05) is 19.9 Å². The largest absolute Gasteiger partial charge is 0.496 e. The van der Waals surface area contributed by atoms with E-state index in [0.29, 0.717) is 16.7 Å². The topological polar surface area (TPSA) is 110 Å². The van der Waals surface area contributed by atoms with Gasteiger partial charge in [0.05, 0.1) is 30.9 Å². The summed E-state index contributed by atoms with van der Waals surface area (Å²) in [5, 5.41) is 25.7. The maximum absolute atomic E-state index is 14.2.